The highest BCUT2D eigenvalue weighted by Gasteiger charge is 2.20. The molecular formula is C7H18NO3Si. The maximum atomic E-state index is 9.17. The maximum absolute atomic E-state index is 9.17. The van der Waals surface area contributed by atoms with Crippen LogP contribution in [0.5, 0.6) is 0 Å². The molecule has 0 fully saturated rings. The van der Waals surface area contributed by atoms with Crippen molar-refractivity contribution in [3.63, 3.8) is 0 Å². The van der Waals surface area contributed by atoms with Gasteiger partial charge in [0.25, 0.3) is 0 Å². The van der Waals surface area contributed by atoms with Gasteiger partial charge in [-0.1, -0.05) is 6.92 Å². The van der Waals surface area contributed by atoms with E-state index in [1.807, 2.05) is 20.8 Å². The molecule has 2 atom stereocenters. The minimum atomic E-state index is -2.07. The number of rotatable bonds is 6. The molecule has 0 aliphatic rings. The predicted octanol–water partition coefficient (Wildman–Crippen LogP) is 0.142. The highest BCUT2D eigenvalue weighted by molar-refractivity contribution is 6.34. The molecule has 0 aliphatic carbocycles. The molecule has 0 bridgehead atoms. The van der Waals surface area contributed by atoms with Crippen molar-refractivity contribution in [2.45, 2.75) is 39.3 Å². The van der Waals surface area contributed by atoms with E-state index in [4.69, 9.17) is 19.4 Å². The third-order valence-electron chi connectivity index (χ3n) is 1.63. The van der Waals surface area contributed by atoms with E-state index in [1.54, 1.807) is 0 Å². The van der Waals surface area contributed by atoms with Crippen LogP contribution in [-0.4, -0.2) is 33.1 Å². The van der Waals surface area contributed by atoms with Crippen LogP contribution in [0.4, 0.5) is 0 Å². The molecule has 0 amide bonds. The van der Waals surface area contributed by atoms with Crippen LogP contribution < -0.4 is 5.73 Å². The molecule has 3 N–H and O–H groups in total. The molecule has 0 aliphatic heterocycles. The summed E-state index contributed by atoms with van der Waals surface area (Å²) in [6, 6.07) is -0.0300. The van der Waals surface area contributed by atoms with Crippen molar-refractivity contribution in [3.05, 3.63) is 0 Å². The molecule has 0 aromatic rings. The van der Waals surface area contributed by atoms with Crippen molar-refractivity contribution >= 4 is 9.53 Å². The Hall–Kier alpha value is 0.0569. The Balaban J connectivity index is 3.59. The van der Waals surface area contributed by atoms with Gasteiger partial charge < -0.3 is 19.4 Å². The van der Waals surface area contributed by atoms with Crippen molar-refractivity contribution in [1.29, 1.82) is 0 Å². The molecule has 0 saturated heterocycles. The molecule has 4 nitrogen and oxygen atoms in total. The first-order chi connectivity index (χ1) is 5.61. The summed E-state index contributed by atoms with van der Waals surface area (Å²) in [7, 11) is -2.07. The fourth-order valence-corrected chi connectivity index (χ4v) is 1.54. The Labute approximate surface area is 75.6 Å². The van der Waals surface area contributed by atoms with Crippen molar-refractivity contribution < 1.29 is 13.6 Å². The van der Waals surface area contributed by atoms with Crippen LogP contribution in [0.25, 0.3) is 0 Å². The smallest absolute Gasteiger partial charge is 0.387 e. The standard InChI is InChI=1S/C7H18NO3Si/c1-4-7(8)6(3)11-12(9)10-5-2/h6-7,9H,4-5,8H2,1-3H3. The largest absolute Gasteiger partial charge is 0.575 e. The Kier molecular flexibility index (Phi) is 6.59. The van der Waals surface area contributed by atoms with Crippen molar-refractivity contribution in [2.24, 2.45) is 5.73 Å². The summed E-state index contributed by atoms with van der Waals surface area (Å²) in [6.07, 6.45) is 0.697. The quantitative estimate of drug-likeness (QED) is 0.588. The zero-order chi connectivity index (χ0) is 9.56. The first-order valence-electron chi connectivity index (χ1n) is 4.22. The maximum Gasteiger partial charge on any atom is 0.575 e. The molecular weight excluding hydrogens is 174 g/mol. The molecule has 12 heavy (non-hydrogen) atoms. The van der Waals surface area contributed by atoms with Crippen LogP contribution in [0.3, 0.4) is 0 Å². The third-order valence-corrected chi connectivity index (χ3v) is 2.74. The predicted molar refractivity (Wildman–Crippen MR) is 48.4 cm³/mol. The fourth-order valence-electron chi connectivity index (χ4n) is 0.736. The average molecular weight is 192 g/mol. The molecule has 0 saturated carbocycles. The van der Waals surface area contributed by atoms with Crippen molar-refractivity contribution in [3.8, 4) is 0 Å². The van der Waals surface area contributed by atoms with Crippen LogP contribution in [0, 0.1) is 0 Å². The topological polar surface area (TPSA) is 64.7 Å². The third kappa shape index (κ3) is 4.84. The monoisotopic (exact) mass is 192 g/mol. The Bertz CT molecular complexity index is 115. The highest BCUT2D eigenvalue weighted by atomic mass is 28.3. The summed E-state index contributed by atoms with van der Waals surface area (Å²) in [6.45, 7) is 6.11. The summed E-state index contributed by atoms with van der Waals surface area (Å²) in [5.41, 5.74) is 5.69. The molecule has 0 heterocycles. The van der Waals surface area contributed by atoms with E-state index in [1.165, 1.54) is 0 Å². The van der Waals surface area contributed by atoms with Gasteiger partial charge in [-0.25, -0.2) is 0 Å². The summed E-state index contributed by atoms with van der Waals surface area (Å²) < 4.78 is 10.0. The van der Waals surface area contributed by atoms with Gasteiger partial charge in [-0.05, 0) is 20.3 Å². The summed E-state index contributed by atoms with van der Waals surface area (Å²) >= 11 is 0. The number of nitrogens with two attached hydrogens (primary N) is 1. The van der Waals surface area contributed by atoms with E-state index in [2.05, 4.69) is 0 Å². The zero-order valence-corrected chi connectivity index (χ0v) is 8.91. The Morgan fingerprint density at radius 2 is 2.08 bits per heavy atom. The molecule has 0 rings (SSSR count). The minimum Gasteiger partial charge on any atom is -0.387 e. The van der Waals surface area contributed by atoms with Gasteiger partial charge >= 0.3 is 9.53 Å². The lowest BCUT2D eigenvalue weighted by atomic mass is 10.1. The molecule has 1 radical (unpaired) electrons. The minimum absolute atomic E-state index is 0.0300. The van der Waals surface area contributed by atoms with Crippen LogP contribution in [0.15, 0.2) is 0 Å². The summed E-state index contributed by atoms with van der Waals surface area (Å²) in [5.74, 6) is 0. The summed E-state index contributed by atoms with van der Waals surface area (Å²) in [4.78, 5) is 9.17. The van der Waals surface area contributed by atoms with Gasteiger partial charge in [0.2, 0.25) is 0 Å². The summed E-state index contributed by atoms with van der Waals surface area (Å²) in [5, 5.41) is 0. The van der Waals surface area contributed by atoms with E-state index in [9.17, 15) is 0 Å². The second kappa shape index (κ2) is 6.56. The molecule has 5 heteroatoms. The normalized spacial score (nSPS) is 16.5. The van der Waals surface area contributed by atoms with E-state index in [-0.39, 0.29) is 12.1 Å². The van der Waals surface area contributed by atoms with Gasteiger partial charge in [-0.15, -0.1) is 0 Å². The van der Waals surface area contributed by atoms with E-state index < -0.39 is 9.53 Å². The van der Waals surface area contributed by atoms with Gasteiger partial charge in [-0.3, -0.25) is 0 Å². The fraction of sp³-hybridized carbons (Fsp3) is 1.00. The molecule has 0 aromatic heterocycles. The van der Waals surface area contributed by atoms with Crippen LogP contribution in [0.2, 0.25) is 0 Å². The van der Waals surface area contributed by atoms with E-state index in [0.29, 0.717) is 6.61 Å². The first-order valence-corrected chi connectivity index (χ1v) is 5.49. The SMILES string of the molecule is CCO[Si](O)OC(C)C(N)CC. The van der Waals surface area contributed by atoms with Crippen molar-refractivity contribution in [1.82, 2.24) is 0 Å². The molecule has 0 aromatic carbocycles. The first kappa shape index (κ1) is 12.1. The van der Waals surface area contributed by atoms with Gasteiger partial charge in [-0.2, -0.15) is 0 Å². The van der Waals surface area contributed by atoms with Crippen LogP contribution >= 0.6 is 0 Å². The number of hydrogen-bond donors (Lipinski definition) is 2. The highest BCUT2D eigenvalue weighted by Crippen LogP contribution is 2.01. The lowest BCUT2D eigenvalue weighted by Crippen LogP contribution is -2.39. The molecule has 0 spiro atoms. The van der Waals surface area contributed by atoms with Crippen LogP contribution in [-0.2, 0) is 8.85 Å². The van der Waals surface area contributed by atoms with E-state index in [0.717, 1.165) is 6.42 Å². The lowest BCUT2D eigenvalue weighted by molar-refractivity contribution is 0.0839. The van der Waals surface area contributed by atoms with E-state index >= 15 is 0 Å². The second-order valence-corrected chi connectivity index (χ2v) is 3.65. The van der Waals surface area contributed by atoms with Gasteiger partial charge in [0.15, 0.2) is 0 Å². The average Bonchev–Trinajstić information content (AvgIpc) is 2.03. The van der Waals surface area contributed by atoms with Crippen molar-refractivity contribution in [2.75, 3.05) is 6.61 Å². The molecule has 73 valence electrons. The Morgan fingerprint density at radius 3 is 2.50 bits per heavy atom. The van der Waals surface area contributed by atoms with Gasteiger partial charge in [0.05, 0.1) is 6.10 Å². The number of hydrogen-bond acceptors (Lipinski definition) is 4. The molecule has 2 unspecified atom stereocenters. The Morgan fingerprint density at radius 1 is 1.50 bits per heavy atom. The second-order valence-electron chi connectivity index (χ2n) is 2.59. The lowest BCUT2D eigenvalue weighted by Gasteiger charge is -2.20. The van der Waals surface area contributed by atoms with Crippen LogP contribution in [0.1, 0.15) is 27.2 Å². The van der Waals surface area contributed by atoms with Gasteiger partial charge in [0.1, 0.15) is 0 Å². The zero-order valence-electron chi connectivity index (χ0n) is 7.91. The van der Waals surface area contributed by atoms with Gasteiger partial charge in [0, 0.05) is 12.6 Å².